The Balaban J connectivity index is 1.96. The second-order valence-electron chi connectivity index (χ2n) is 5.44. The van der Waals surface area contributed by atoms with Crippen LogP contribution in [0.15, 0.2) is 56.9 Å². The zero-order valence-electron chi connectivity index (χ0n) is 12.9. The van der Waals surface area contributed by atoms with Crippen LogP contribution < -0.4 is 0 Å². The lowest BCUT2D eigenvalue weighted by Crippen LogP contribution is -2.13. The fourth-order valence-electron chi connectivity index (χ4n) is 2.93. The number of para-hydroxylation sites is 1. The molecule has 1 aliphatic heterocycles. The molecule has 0 bridgehead atoms. The molecule has 6 heteroatoms. The number of benzene rings is 2. The van der Waals surface area contributed by atoms with Crippen LogP contribution in [0.5, 0.6) is 5.88 Å². The van der Waals surface area contributed by atoms with Crippen molar-refractivity contribution in [1.29, 1.82) is 0 Å². The smallest absolute Gasteiger partial charge is 0.199 e. The standard InChI is InChI=1S/C18H14BrN3O2/c1-24-9-20-16-11-4-2-3-5-13(11)21-17(16)15-12-8-10(19)6-7-14(12)22-18(15)23/h2-8,22-23H,9H2,1H3. The molecule has 3 aromatic rings. The van der Waals surface area contributed by atoms with Crippen molar-refractivity contribution in [3.8, 4) is 5.88 Å². The molecule has 24 heavy (non-hydrogen) atoms. The number of fused-ring (bicyclic) bond motifs is 2. The van der Waals surface area contributed by atoms with E-state index in [2.05, 4.69) is 25.9 Å². The van der Waals surface area contributed by atoms with E-state index in [-0.39, 0.29) is 12.6 Å². The molecule has 0 amide bonds. The van der Waals surface area contributed by atoms with Gasteiger partial charge in [0, 0.05) is 28.0 Å². The molecule has 0 unspecified atom stereocenters. The number of nitrogens with zero attached hydrogens (tertiary/aromatic N) is 2. The number of aliphatic imine (C=N–C) groups is 2. The van der Waals surface area contributed by atoms with Crippen molar-refractivity contribution in [2.75, 3.05) is 13.8 Å². The van der Waals surface area contributed by atoms with Crippen molar-refractivity contribution in [3.05, 3.63) is 58.1 Å². The van der Waals surface area contributed by atoms with Crippen molar-refractivity contribution in [1.82, 2.24) is 4.98 Å². The van der Waals surface area contributed by atoms with Crippen LogP contribution in [-0.2, 0) is 4.74 Å². The van der Waals surface area contributed by atoms with Gasteiger partial charge in [0.2, 0.25) is 0 Å². The topological polar surface area (TPSA) is 70.0 Å². The average molecular weight is 384 g/mol. The number of aromatic amines is 1. The van der Waals surface area contributed by atoms with Gasteiger partial charge in [0.1, 0.15) is 12.4 Å². The van der Waals surface area contributed by atoms with Crippen LogP contribution in [-0.4, -0.2) is 35.4 Å². The molecule has 1 aliphatic rings. The Kier molecular flexibility index (Phi) is 3.70. The van der Waals surface area contributed by atoms with Crippen LogP contribution in [0.2, 0.25) is 0 Å². The lowest BCUT2D eigenvalue weighted by Gasteiger charge is -2.05. The highest BCUT2D eigenvalue weighted by atomic mass is 79.9. The predicted molar refractivity (Wildman–Crippen MR) is 98.7 cm³/mol. The molecule has 120 valence electrons. The Bertz CT molecular complexity index is 1000. The lowest BCUT2D eigenvalue weighted by molar-refractivity contribution is 0.209. The van der Waals surface area contributed by atoms with Crippen LogP contribution in [0, 0.1) is 0 Å². The molecule has 0 atom stereocenters. The molecule has 5 nitrogen and oxygen atoms in total. The quantitative estimate of drug-likeness (QED) is 0.712. The van der Waals surface area contributed by atoms with E-state index < -0.39 is 0 Å². The van der Waals surface area contributed by atoms with Crippen molar-refractivity contribution < 1.29 is 9.84 Å². The molecule has 2 heterocycles. The second kappa shape index (κ2) is 5.89. The minimum absolute atomic E-state index is 0.0831. The summed E-state index contributed by atoms with van der Waals surface area (Å²) in [7, 11) is 1.60. The van der Waals surface area contributed by atoms with E-state index in [1.165, 1.54) is 0 Å². The number of nitrogens with one attached hydrogen (secondary N) is 1. The van der Waals surface area contributed by atoms with Gasteiger partial charge in [-0.05, 0) is 24.3 Å². The van der Waals surface area contributed by atoms with Gasteiger partial charge in [0.25, 0.3) is 0 Å². The fourth-order valence-corrected chi connectivity index (χ4v) is 3.29. The van der Waals surface area contributed by atoms with Crippen LogP contribution in [0.3, 0.4) is 0 Å². The van der Waals surface area contributed by atoms with Gasteiger partial charge >= 0.3 is 0 Å². The highest BCUT2D eigenvalue weighted by molar-refractivity contribution is 9.10. The number of hydrogen-bond donors (Lipinski definition) is 2. The van der Waals surface area contributed by atoms with Gasteiger partial charge in [-0.1, -0.05) is 34.1 Å². The monoisotopic (exact) mass is 383 g/mol. The summed E-state index contributed by atoms with van der Waals surface area (Å²) in [5.41, 5.74) is 4.64. The Morgan fingerprint density at radius 1 is 1.25 bits per heavy atom. The minimum atomic E-state index is 0.0831. The number of methoxy groups -OCH3 is 1. The van der Waals surface area contributed by atoms with Crippen LogP contribution >= 0.6 is 15.9 Å². The number of hydrogen-bond acceptors (Lipinski definition) is 4. The number of aromatic nitrogens is 1. The molecule has 0 fully saturated rings. The molecular formula is C18H14BrN3O2. The SMILES string of the molecule is COCN=C1C(c2c(O)[nH]c3ccc(Br)cc23)=Nc2ccccc21. The van der Waals surface area contributed by atoms with E-state index in [1.807, 2.05) is 42.5 Å². The zero-order chi connectivity index (χ0) is 16.7. The largest absolute Gasteiger partial charge is 0.494 e. The zero-order valence-corrected chi connectivity index (χ0v) is 14.5. The highest BCUT2D eigenvalue weighted by Crippen LogP contribution is 2.36. The molecule has 2 aromatic carbocycles. The summed E-state index contributed by atoms with van der Waals surface area (Å²) in [5.74, 6) is 0.0831. The van der Waals surface area contributed by atoms with Gasteiger partial charge in [-0.15, -0.1) is 0 Å². The molecule has 0 aliphatic carbocycles. The number of aromatic hydroxyl groups is 1. The minimum Gasteiger partial charge on any atom is -0.494 e. The molecule has 0 saturated heterocycles. The first kappa shape index (κ1) is 15.1. The van der Waals surface area contributed by atoms with Crippen LogP contribution in [0.1, 0.15) is 11.1 Å². The maximum atomic E-state index is 10.5. The normalized spacial score (nSPS) is 15.1. The van der Waals surface area contributed by atoms with Gasteiger partial charge in [-0.2, -0.15) is 0 Å². The van der Waals surface area contributed by atoms with E-state index in [0.29, 0.717) is 11.3 Å². The molecule has 1 aromatic heterocycles. The van der Waals surface area contributed by atoms with Crippen LogP contribution in [0.25, 0.3) is 10.9 Å². The Morgan fingerprint density at radius 3 is 2.92 bits per heavy atom. The van der Waals surface area contributed by atoms with E-state index in [9.17, 15) is 5.11 Å². The number of halogens is 1. The van der Waals surface area contributed by atoms with E-state index >= 15 is 0 Å². The summed E-state index contributed by atoms with van der Waals surface area (Å²) in [6, 6.07) is 13.6. The van der Waals surface area contributed by atoms with Gasteiger partial charge in [0.15, 0.2) is 5.88 Å². The van der Waals surface area contributed by atoms with Gasteiger partial charge < -0.3 is 14.8 Å². The summed E-state index contributed by atoms with van der Waals surface area (Å²) in [6.07, 6.45) is 0. The Morgan fingerprint density at radius 2 is 2.08 bits per heavy atom. The predicted octanol–water partition coefficient (Wildman–Crippen LogP) is 4.16. The van der Waals surface area contributed by atoms with Gasteiger partial charge in [0.05, 0.1) is 17.0 Å². The van der Waals surface area contributed by atoms with Gasteiger partial charge in [-0.25, -0.2) is 4.99 Å². The van der Waals surface area contributed by atoms with Crippen molar-refractivity contribution in [2.45, 2.75) is 0 Å². The van der Waals surface area contributed by atoms with E-state index in [0.717, 1.165) is 32.3 Å². The average Bonchev–Trinajstić information content (AvgIpc) is 3.09. The molecule has 0 saturated carbocycles. The molecular weight excluding hydrogens is 370 g/mol. The lowest BCUT2D eigenvalue weighted by atomic mass is 10.0. The third kappa shape index (κ3) is 2.35. The van der Waals surface area contributed by atoms with Crippen molar-refractivity contribution >= 4 is 43.9 Å². The Labute approximate surface area is 146 Å². The highest BCUT2D eigenvalue weighted by Gasteiger charge is 2.28. The summed E-state index contributed by atoms with van der Waals surface area (Å²) >= 11 is 3.48. The van der Waals surface area contributed by atoms with Gasteiger partial charge in [-0.3, -0.25) is 4.99 Å². The van der Waals surface area contributed by atoms with Crippen molar-refractivity contribution in [2.24, 2.45) is 9.98 Å². The first-order valence-corrected chi connectivity index (χ1v) is 8.20. The number of H-pyrrole nitrogens is 1. The first-order valence-electron chi connectivity index (χ1n) is 7.41. The second-order valence-corrected chi connectivity index (χ2v) is 6.36. The molecule has 0 radical (unpaired) electrons. The number of ether oxygens (including phenoxy) is 1. The summed E-state index contributed by atoms with van der Waals surface area (Å²) in [5, 5.41) is 11.4. The van der Waals surface area contributed by atoms with Crippen molar-refractivity contribution in [3.63, 3.8) is 0 Å². The summed E-state index contributed by atoms with van der Waals surface area (Å²) < 4.78 is 6.03. The molecule has 0 spiro atoms. The third-order valence-electron chi connectivity index (χ3n) is 3.95. The third-order valence-corrected chi connectivity index (χ3v) is 4.44. The Hall–Kier alpha value is -2.44. The van der Waals surface area contributed by atoms with Crippen LogP contribution in [0.4, 0.5) is 5.69 Å². The van der Waals surface area contributed by atoms with E-state index in [1.54, 1.807) is 7.11 Å². The fraction of sp³-hybridized carbons (Fsp3) is 0.111. The maximum Gasteiger partial charge on any atom is 0.199 e. The summed E-state index contributed by atoms with van der Waals surface area (Å²) in [4.78, 5) is 12.2. The van der Waals surface area contributed by atoms with E-state index in [4.69, 9.17) is 9.73 Å². The number of rotatable bonds is 3. The molecule has 2 N–H and O–H groups in total. The maximum absolute atomic E-state index is 10.5. The first-order chi connectivity index (χ1) is 11.7. The molecule has 4 rings (SSSR count). The summed E-state index contributed by atoms with van der Waals surface area (Å²) in [6.45, 7) is 0.232.